The minimum Gasteiger partial charge on any atom is -0.451 e. The predicted octanol–water partition coefficient (Wildman–Crippen LogP) is 6.88. The third-order valence-electron chi connectivity index (χ3n) is 8.36. The first-order valence-corrected chi connectivity index (χ1v) is 15.4. The minimum absolute atomic E-state index is 0.108. The van der Waals surface area contributed by atoms with Crippen LogP contribution in [0.5, 0.6) is 0 Å². The third-order valence-corrected chi connectivity index (χ3v) is 8.36. The summed E-state index contributed by atoms with van der Waals surface area (Å²) in [5, 5.41) is 23.4. The Kier molecular flexibility index (Phi) is 9.20. The number of amides is 2. The number of carbonyl (C=O) groups is 2. The fourth-order valence-corrected chi connectivity index (χ4v) is 5.75. The van der Waals surface area contributed by atoms with Gasteiger partial charge in [0.2, 0.25) is 0 Å². The highest BCUT2D eigenvalue weighted by atomic mass is 16.6. The van der Waals surface area contributed by atoms with Crippen molar-refractivity contribution in [1.82, 2.24) is 14.9 Å². The van der Waals surface area contributed by atoms with Crippen molar-refractivity contribution < 1.29 is 18.9 Å². The molecule has 0 spiro atoms. The number of rotatable bonds is 10. The second kappa shape index (κ2) is 14.0. The highest BCUT2D eigenvalue weighted by molar-refractivity contribution is 6.06. The quantitative estimate of drug-likeness (QED) is 0.131. The molecule has 5 aromatic rings. The summed E-state index contributed by atoms with van der Waals surface area (Å²) in [6, 6.07) is 25.7. The van der Waals surface area contributed by atoms with E-state index in [4.69, 9.17) is 9.68 Å². The van der Waals surface area contributed by atoms with E-state index in [-0.39, 0.29) is 41.4 Å². The SMILES string of the molecule is N#Cc1ccc(Cn2cncc2CN(C(=O)c2ccc([N+](=O)[O-])cc2)c2ccc(-c3ccc(C(=O)NC4CCCCC4)o3)cc2)cc1. The normalized spacial score (nSPS) is 13.1. The summed E-state index contributed by atoms with van der Waals surface area (Å²) < 4.78 is 7.84. The van der Waals surface area contributed by atoms with Crippen LogP contribution in [0.25, 0.3) is 11.3 Å². The van der Waals surface area contributed by atoms with Crippen LogP contribution in [0.15, 0.2) is 102 Å². The molecule has 236 valence electrons. The van der Waals surface area contributed by atoms with E-state index >= 15 is 0 Å². The Morgan fingerprint density at radius 2 is 1.70 bits per heavy atom. The number of anilines is 1. The lowest BCUT2D eigenvalue weighted by Gasteiger charge is -2.24. The number of nitro benzene ring substituents is 1. The van der Waals surface area contributed by atoms with Gasteiger partial charge in [-0.05, 0) is 79.1 Å². The Bertz CT molecular complexity index is 1910. The Balaban J connectivity index is 1.24. The number of nitrogens with zero attached hydrogens (tertiary/aromatic N) is 5. The van der Waals surface area contributed by atoms with Crippen molar-refractivity contribution >= 4 is 23.2 Å². The second-order valence-electron chi connectivity index (χ2n) is 11.5. The molecule has 2 heterocycles. The maximum absolute atomic E-state index is 13.9. The average molecular weight is 629 g/mol. The van der Waals surface area contributed by atoms with Gasteiger partial charge in [0.05, 0.1) is 35.1 Å². The summed E-state index contributed by atoms with van der Waals surface area (Å²) in [6.45, 7) is 0.645. The van der Waals surface area contributed by atoms with E-state index in [0.717, 1.165) is 42.5 Å². The second-order valence-corrected chi connectivity index (χ2v) is 11.5. The first-order chi connectivity index (χ1) is 22.9. The largest absolute Gasteiger partial charge is 0.451 e. The molecule has 0 aliphatic heterocycles. The minimum atomic E-state index is -0.508. The molecule has 0 unspecified atom stereocenters. The van der Waals surface area contributed by atoms with E-state index in [1.165, 1.54) is 30.7 Å². The molecule has 0 radical (unpaired) electrons. The number of furan rings is 1. The van der Waals surface area contributed by atoms with Crippen LogP contribution in [0.2, 0.25) is 0 Å². The summed E-state index contributed by atoms with van der Waals surface area (Å²) in [4.78, 5) is 43.3. The standard InChI is InChI=1S/C36H32N6O5/c37-20-25-6-8-26(9-7-25)22-40-24-38-21-32(40)23-41(36(44)28-12-16-31(17-13-28)42(45)46)30-14-10-27(11-15-30)33-18-19-34(47-33)35(43)39-29-4-2-1-3-5-29/h6-19,21,24,29H,1-5,22-23H2,(H,39,43). The number of nitriles is 1. The Hall–Kier alpha value is -6.02. The number of carbonyl (C=O) groups excluding carboxylic acids is 2. The third kappa shape index (κ3) is 7.28. The maximum Gasteiger partial charge on any atom is 0.287 e. The number of hydrogen-bond acceptors (Lipinski definition) is 7. The summed E-state index contributed by atoms with van der Waals surface area (Å²) in [6.07, 6.45) is 8.76. The lowest BCUT2D eigenvalue weighted by Crippen LogP contribution is -2.35. The molecule has 6 rings (SSSR count). The van der Waals surface area contributed by atoms with Gasteiger partial charge in [0.25, 0.3) is 17.5 Å². The Morgan fingerprint density at radius 1 is 0.979 bits per heavy atom. The number of nitrogens with one attached hydrogen (secondary N) is 1. The van der Waals surface area contributed by atoms with E-state index < -0.39 is 4.92 Å². The molecule has 3 aromatic carbocycles. The Labute approximate surface area is 271 Å². The van der Waals surface area contributed by atoms with E-state index in [2.05, 4.69) is 16.4 Å². The van der Waals surface area contributed by atoms with Crippen molar-refractivity contribution in [3.63, 3.8) is 0 Å². The summed E-state index contributed by atoms with van der Waals surface area (Å²) in [5.74, 6) is 0.204. The van der Waals surface area contributed by atoms with Gasteiger partial charge in [-0.2, -0.15) is 5.26 Å². The molecule has 1 aliphatic rings. The monoisotopic (exact) mass is 628 g/mol. The number of nitro groups is 1. The highest BCUT2D eigenvalue weighted by Crippen LogP contribution is 2.28. The molecule has 0 bridgehead atoms. The molecule has 1 saturated carbocycles. The van der Waals surface area contributed by atoms with Crippen molar-refractivity contribution in [1.29, 1.82) is 5.26 Å². The number of hydrogen-bond donors (Lipinski definition) is 1. The molecule has 1 aliphatic carbocycles. The van der Waals surface area contributed by atoms with Crippen LogP contribution in [0.3, 0.4) is 0 Å². The molecule has 1 N–H and O–H groups in total. The molecule has 11 heteroatoms. The fourth-order valence-electron chi connectivity index (χ4n) is 5.75. The van der Waals surface area contributed by atoms with Crippen LogP contribution < -0.4 is 10.2 Å². The van der Waals surface area contributed by atoms with Gasteiger partial charge >= 0.3 is 0 Å². The lowest BCUT2D eigenvalue weighted by molar-refractivity contribution is -0.384. The molecule has 0 atom stereocenters. The average Bonchev–Trinajstić information content (AvgIpc) is 3.78. The van der Waals surface area contributed by atoms with E-state index in [9.17, 15) is 19.7 Å². The lowest BCUT2D eigenvalue weighted by atomic mass is 9.95. The maximum atomic E-state index is 13.9. The predicted molar refractivity (Wildman–Crippen MR) is 175 cm³/mol. The van der Waals surface area contributed by atoms with Gasteiger partial charge in [-0.15, -0.1) is 0 Å². The molecule has 47 heavy (non-hydrogen) atoms. The van der Waals surface area contributed by atoms with Gasteiger partial charge in [0, 0.05) is 47.7 Å². The zero-order chi connectivity index (χ0) is 32.8. The zero-order valence-electron chi connectivity index (χ0n) is 25.5. The van der Waals surface area contributed by atoms with Gasteiger partial charge in [0.1, 0.15) is 5.76 Å². The van der Waals surface area contributed by atoms with E-state index in [1.807, 2.05) is 28.8 Å². The van der Waals surface area contributed by atoms with Crippen LogP contribution in [-0.4, -0.2) is 32.3 Å². The Morgan fingerprint density at radius 3 is 2.38 bits per heavy atom. The van der Waals surface area contributed by atoms with Crippen molar-refractivity contribution in [2.75, 3.05) is 4.90 Å². The van der Waals surface area contributed by atoms with Crippen molar-refractivity contribution in [2.24, 2.45) is 0 Å². The summed E-state index contributed by atoms with van der Waals surface area (Å²) >= 11 is 0. The van der Waals surface area contributed by atoms with Crippen LogP contribution in [0, 0.1) is 21.4 Å². The zero-order valence-corrected chi connectivity index (χ0v) is 25.5. The molecule has 1 fully saturated rings. The molecule has 11 nitrogen and oxygen atoms in total. The first kappa shape index (κ1) is 31.0. The van der Waals surface area contributed by atoms with Crippen molar-refractivity contribution in [3.8, 4) is 17.4 Å². The summed E-state index contributed by atoms with van der Waals surface area (Å²) in [7, 11) is 0. The van der Waals surface area contributed by atoms with Gasteiger partial charge in [-0.25, -0.2) is 4.98 Å². The molecule has 2 amide bonds. The van der Waals surface area contributed by atoms with Gasteiger partial charge < -0.3 is 19.2 Å². The smallest absolute Gasteiger partial charge is 0.287 e. The molecular weight excluding hydrogens is 596 g/mol. The van der Waals surface area contributed by atoms with E-state index in [0.29, 0.717) is 23.6 Å². The highest BCUT2D eigenvalue weighted by Gasteiger charge is 2.22. The topological polar surface area (TPSA) is 147 Å². The van der Waals surface area contributed by atoms with Crippen LogP contribution >= 0.6 is 0 Å². The van der Waals surface area contributed by atoms with Crippen molar-refractivity contribution in [2.45, 2.75) is 51.2 Å². The fraction of sp³-hybridized carbons (Fsp3) is 0.222. The van der Waals surface area contributed by atoms with Crippen molar-refractivity contribution in [3.05, 3.63) is 136 Å². The van der Waals surface area contributed by atoms with Gasteiger partial charge in [-0.3, -0.25) is 19.7 Å². The number of non-ortho nitro benzene ring substituents is 1. The van der Waals surface area contributed by atoms with Gasteiger partial charge in [-0.1, -0.05) is 31.4 Å². The summed E-state index contributed by atoms with van der Waals surface area (Å²) in [5.41, 5.74) is 3.79. The molecular formula is C36H32N6O5. The number of aromatic nitrogens is 2. The molecule has 0 saturated heterocycles. The first-order valence-electron chi connectivity index (χ1n) is 15.4. The number of imidazole rings is 1. The molecule has 2 aromatic heterocycles. The van der Waals surface area contributed by atoms with Crippen LogP contribution in [-0.2, 0) is 13.1 Å². The van der Waals surface area contributed by atoms with Crippen LogP contribution in [0.1, 0.15) is 69.8 Å². The number of benzene rings is 3. The van der Waals surface area contributed by atoms with Gasteiger partial charge in [0.15, 0.2) is 5.76 Å². The van der Waals surface area contributed by atoms with Crippen LogP contribution in [0.4, 0.5) is 11.4 Å². The van der Waals surface area contributed by atoms with E-state index in [1.54, 1.807) is 53.8 Å².